The Morgan fingerprint density at radius 2 is 2.00 bits per heavy atom. The van der Waals surface area contributed by atoms with E-state index in [9.17, 15) is 9.59 Å². The number of carbonyl (C=O) groups is 2. The summed E-state index contributed by atoms with van der Waals surface area (Å²) in [4.78, 5) is 27.6. The zero-order valence-electron chi connectivity index (χ0n) is 12.2. The lowest BCUT2D eigenvalue weighted by Gasteiger charge is -2.23. The molecule has 1 fully saturated rings. The van der Waals surface area contributed by atoms with Crippen LogP contribution in [0.15, 0.2) is 47.8 Å². The minimum absolute atomic E-state index is 0.0353. The number of benzene rings is 1. The molecular formula is C17H18N2O2S. The second kappa shape index (κ2) is 6.75. The SMILES string of the molecule is O=C(Nc1ccccc1)[C@@H]1CCCN1C(=O)Cc1cccs1. The third-order valence-corrected chi connectivity index (χ3v) is 4.70. The van der Waals surface area contributed by atoms with Crippen LogP contribution in [-0.2, 0) is 16.0 Å². The molecule has 0 spiro atoms. The quantitative estimate of drug-likeness (QED) is 0.943. The Balaban J connectivity index is 1.64. The molecule has 22 heavy (non-hydrogen) atoms. The van der Waals surface area contributed by atoms with Crippen LogP contribution in [0.1, 0.15) is 17.7 Å². The monoisotopic (exact) mass is 314 g/mol. The Labute approximate surface area is 133 Å². The molecule has 4 nitrogen and oxygen atoms in total. The molecule has 1 aromatic carbocycles. The topological polar surface area (TPSA) is 49.4 Å². The number of likely N-dealkylation sites (tertiary alicyclic amines) is 1. The fourth-order valence-electron chi connectivity index (χ4n) is 2.75. The summed E-state index contributed by atoms with van der Waals surface area (Å²) >= 11 is 1.57. The Bertz CT molecular complexity index is 640. The Hall–Kier alpha value is -2.14. The van der Waals surface area contributed by atoms with Gasteiger partial charge in [0.2, 0.25) is 11.8 Å². The highest BCUT2D eigenvalue weighted by Gasteiger charge is 2.33. The van der Waals surface area contributed by atoms with Gasteiger partial charge in [-0.1, -0.05) is 24.3 Å². The van der Waals surface area contributed by atoms with E-state index in [1.807, 2.05) is 47.8 Å². The number of para-hydroxylation sites is 1. The number of rotatable bonds is 4. The number of thiophene rings is 1. The number of hydrogen-bond donors (Lipinski definition) is 1. The van der Waals surface area contributed by atoms with Crippen LogP contribution in [0.2, 0.25) is 0 Å². The average molecular weight is 314 g/mol. The molecule has 1 aliphatic rings. The zero-order valence-corrected chi connectivity index (χ0v) is 13.0. The lowest BCUT2D eigenvalue weighted by molar-refractivity contribution is -0.136. The maximum atomic E-state index is 12.4. The van der Waals surface area contributed by atoms with E-state index in [0.717, 1.165) is 23.4 Å². The van der Waals surface area contributed by atoms with Crippen LogP contribution in [0.25, 0.3) is 0 Å². The number of anilines is 1. The van der Waals surface area contributed by atoms with Gasteiger partial charge in [-0.05, 0) is 36.4 Å². The highest BCUT2D eigenvalue weighted by atomic mass is 32.1. The largest absolute Gasteiger partial charge is 0.330 e. The van der Waals surface area contributed by atoms with E-state index in [0.29, 0.717) is 13.0 Å². The molecule has 5 heteroatoms. The molecule has 0 radical (unpaired) electrons. The van der Waals surface area contributed by atoms with Crippen LogP contribution in [0.4, 0.5) is 5.69 Å². The fourth-order valence-corrected chi connectivity index (χ4v) is 3.44. The number of carbonyl (C=O) groups excluding carboxylic acids is 2. The van der Waals surface area contributed by atoms with Crippen LogP contribution in [0.3, 0.4) is 0 Å². The molecule has 2 heterocycles. The smallest absolute Gasteiger partial charge is 0.247 e. The maximum Gasteiger partial charge on any atom is 0.247 e. The molecule has 1 aliphatic heterocycles. The third kappa shape index (κ3) is 3.36. The number of hydrogen-bond acceptors (Lipinski definition) is 3. The molecule has 2 aromatic rings. The molecule has 1 N–H and O–H groups in total. The van der Waals surface area contributed by atoms with Gasteiger partial charge >= 0.3 is 0 Å². The second-order valence-electron chi connectivity index (χ2n) is 5.36. The molecule has 3 rings (SSSR count). The van der Waals surface area contributed by atoms with E-state index in [2.05, 4.69) is 5.32 Å². The summed E-state index contributed by atoms with van der Waals surface area (Å²) in [6, 6.07) is 12.9. The summed E-state index contributed by atoms with van der Waals surface area (Å²) in [5.74, 6) is -0.0589. The predicted octanol–water partition coefficient (Wildman–Crippen LogP) is 2.92. The van der Waals surface area contributed by atoms with Crippen molar-refractivity contribution in [3.63, 3.8) is 0 Å². The highest BCUT2D eigenvalue weighted by Crippen LogP contribution is 2.21. The van der Waals surface area contributed by atoms with Crippen molar-refractivity contribution >= 4 is 28.8 Å². The van der Waals surface area contributed by atoms with Crippen molar-refractivity contribution in [1.82, 2.24) is 4.90 Å². The molecule has 114 valence electrons. The minimum atomic E-state index is -0.354. The first-order valence-electron chi connectivity index (χ1n) is 7.42. The number of nitrogens with one attached hydrogen (secondary N) is 1. The highest BCUT2D eigenvalue weighted by molar-refractivity contribution is 7.10. The van der Waals surface area contributed by atoms with Crippen LogP contribution < -0.4 is 5.32 Å². The van der Waals surface area contributed by atoms with Gasteiger partial charge in [0, 0.05) is 17.1 Å². The van der Waals surface area contributed by atoms with Crippen LogP contribution >= 0.6 is 11.3 Å². The van der Waals surface area contributed by atoms with E-state index in [1.165, 1.54) is 0 Å². The van der Waals surface area contributed by atoms with Gasteiger partial charge in [-0.2, -0.15) is 0 Å². The molecule has 0 unspecified atom stereocenters. The number of nitrogens with zero attached hydrogens (tertiary/aromatic N) is 1. The van der Waals surface area contributed by atoms with Gasteiger partial charge < -0.3 is 10.2 Å². The predicted molar refractivity (Wildman–Crippen MR) is 87.8 cm³/mol. The standard InChI is InChI=1S/C17H18N2O2S/c20-16(12-14-8-5-11-22-14)19-10-4-9-15(19)17(21)18-13-6-2-1-3-7-13/h1-3,5-8,11,15H,4,9-10,12H2,(H,18,21)/t15-/m0/s1. The number of amides is 2. The first-order chi connectivity index (χ1) is 10.7. The van der Waals surface area contributed by atoms with E-state index in [4.69, 9.17) is 0 Å². The van der Waals surface area contributed by atoms with E-state index >= 15 is 0 Å². The second-order valence-corrected chi connectivity index (χ2v) is 6.39. The van der Waals surface area contributed by atoms with Crippen molar-refractivity contribution in [3.05, 3.63) is 52.7 Å². The molecule has 1 atom stereocenters. The van der Waals surface area contributed by atoms with E-state index in [1.54, 1.807) is 16.2 Å². The van der Waals surface area contributed by atoms with Gasteiger partial charge in [0.25, 0.3) is 0 Å². The van der Waals surface area contributed by atoms with Gasteiger partial charge in [-0.25, -0.2) is 0 Å². The summed E-state index contributed by atoms with van der Waals surface area (Å²) in [6.07, 6.45) is 1.99. The molecule has 1 aromatic heterocycles. The fraction of sp³-hybridized carbons (Fsp3) is 0.294. The molecule has 0 bridgehead atoms. The molecule has 1 saturated heterocycles. The van der Waals surface area contributed by atoms with E-state index in [-0.39, 0.29) is 17.9 Å². The Kier molecular flexibility index (Phi) is 4.53. The van der Waals surface area contributed by atoms with Crippen molar-refractivity contribution < 1.29 is 9.59 Å². The van der Waals surface area contributed by atoms with Gasteiger partial charge in [0.05, 0.1) is 6.42 Å². The van der Waals surface area contributed by atoms with Crippen molar-refractivity contribution in [2.75, 3.05) is 11.9 Å². The molecule has 0 aliphatic carbocycles. The lowest BCUT2D eigenvalue weighted by atomic mass is 10.2. The Morgan fingerprint density at radius 3 is 2.73 bits per heavy atom. The van der Waals surface area contributed by atoms with Crippen molar-refractivity contribution in [3.8, 4) is 0 Å². The van der Waals surface area contributed by atoms with Gasteiger partial charge in [0.1, 0.15) is 6.04 Å². The Morgan fingerprint density at radius 1 is 1.18 bits per heavy atom. The van der Waals surface area contributed by atoms with Crippen LogP contribution in [0, 0.1) is 0 Å². The van der Waals surface area contributed by atoms with Gasteiger partial charge in [0.15, 0.2) is 0 Å². The summed E-state index contributed by atoms with van der Waals surface area (Å²) in [5, 5.41) is 4.86. The summed E-state index contributed by atoms with van der Waals surface area (Å²) in [6.45, 7) is 0.664. The van der Waals surface area contributed by atoms with Crippen molar-refractivity contribution in [2.45, 2.75) is 25.3 Å². The zero-order chi connectivity index (χ0) is 15.4. The van der Waals surface area contributed by atoms with Gasteiger partial charge in [-0.15, -0.1) is 11.3 Å². The molecule has 0 saturated carbocycles. The average Bonchev–Trinajstić information content (AvgIpc) is 3.19. The van der Waals surface area contributed by atoms with Crippen LogP contribution in [0.5, 0.6) is 0 Å². The van der Waals surface area contributed by atoms with Gasteiger partial charge in [-0.3, -0.25) is 9.59 Å². The normalized spacial score (nSPS) is 17.5. The third-order valence-electron chi connectivity index (χ3n) is 3.82. The first-order valence-corrected chi connectivity index (χ1v) is 8.30. The summed E-state index contributed by atoms with van der Waals surface area (Å²) in [7, 11) is 0. The maximum absolute atomic E-state index is 12.4. The summed E-state index contributed by atoms with van der Waals surface area (Å²) < 4.78 is 0. The van der Waals surface area contributed by atoms with E-state index < -0.39 is 0 Å². The molecular weight excluding hydrogens is 296 g/mol. The van der Waals surface area contributed by atoms with Crippen LogP contribution in [-0.4, -0.2) is 29.3 Å². The summed E-state index contributed by atoms with van der Waals surface area (Å²) in [5.41, 5.74) is 0.769. The molecule has 2 amide bonds. The first kappa shape index (κ1) is 14.8. The van der Waals surface area contributed by atoms with Crippen molar-refractivity contribution in [1.29, 1.82) is 0 Å². The van der Waals surface area contributed by atoms with Crippen molar-refractivity contribution in [2.24, 2.45) is 0 Å². The minimum Gasteiger partial charge on any atom is -0.330 e. The lowest BCUT2D eigenvalue weighted by Crippen LogP contribution is -2.43.